The lowest BCUT2D eigenvalue weighted by Gasteiger charge is -2.12. The molecular weight excluding hydrogens is 474 g/mol. The second-order valence-electron chi connectivity index (χ2n) is 9.74. The lowest BCUT2D eigenvalue weighted by atomic mass is 9.99. The molecule has 7 aromatic rings. The van der Waals surface area contributed by atoms with Crippen molar-refractivity contribution in [3.63, 3.8) is 0 Å². The molecule has 0 aliphatic carbocycles. The van der Waals surface area contributed by atoms with Crippen molar-refractivity contribution in [2.24, 2.45) is 0 Å². The molecule has 2 aromatic heterocycles. The third-order valence-corrected chi connectivity index (χ3v) is 7.40. The molecule has 0 N–H and O–H groups in total. The Kier molecular flexibility index (Phi) is 5.75. The molecule has 39 heavy (non-hydrogen) atoms. The molecule has 0 saturated heterocycles. The molecule has 0 atom stereocenters. The lowest BCUT2D eigenvalue weighted by molar-refractivity contribution is 0.828. The summed E-state index contributed by atoms with van der Waals surface area (Å²) in [6, 6.07) is 46.7. The topological polar surface area (TPSA) is 30.7 Å². The molecule has 0 unspecified atom stereocenters. The highest BCUT2D eigenvalue weighted by molar-refractivity contribution is 6.12. The van der Waals surface area contributed by atoms with Crippen molar-refractivity contribution >= 4 is 21.8 Å². The van der Waals surface area contributed by atoms with Gasteiger partial charge in [-0.1, -0.05) is 115 Å². The van der Waals surface area contributed by atoms with Crippen LogP contribution in [0.1, 0.15) is 6.92 Å². The van der Waals surface area contributed by atoms with Gasteiger partial charge in [0.2, 0.25) is 0 Å². The number of aryl methyl sites for hydroxylation is 1. The van der Waals surface area contributed by atoms with E-state index in [9.17, 15) is 0 Å². The summed E-state index contributed by atoms with van der Waals surface area (Å²) >= 11 is 0. The molecular formula is C36H27N3. The van der Waals surface area contributed by atoms with E-state index in [0.29, 0.717) is 0 Å². The molecule has 0 aliphatic heterocycles. The van der Waals surface area contributed by atoms with Crippen LogP contribution in [0.2, 0.25) is 0 Å². The van der Waals surface area contributed by atoms with E-state index in [-0.39, 0.29) is 0 Å². The van der Waals surface area contributed by atoms with Crippen molar-refractivity contribution in [2.75, 3.05) is 0 Å². The van der Waals surface area contributed by atoms with E-state index in [0.717, 1.165) is 46.0 Å². The molecule has 2 heterocycles. The number of rotatable bonds is 5. The molecule has 0 bridgehead atoms. The van der Waals surface area contributed by atoms with Crippen LogP contribution in [0.15, 0.2) is 133 Å². The normalized spacial score (nSPS) is 11.3. The summed E-state index contributed by atoms with van der Waals surface area (Å²) in [6.45, 7) is 3.12. The van der Waals surface area contributed by atoms with Gasteiger partial charge in [-0.25, -0.2) is 9.97 Å². The minimum atomic E-state index is 0.722. The number of fused-ring (bicyclic) bond motifs is 3. The van der Waals surface area contributed by atoms with Crippen LogP contribution in [0.5, 0.6) is 0 Å². The Morgan fingerprint density at radius 2 is 1.08 bits per heavy atom. The zero-order chi connectivity index (χ0) is 26.2. The fraction of sp³-hybridized carbons (Fsp3) is 0.0556. The summed E-state index contributed by atoms with van der Waals surface area (Å²) in [4.78, 5) is 10.1. The smallest absolute Gasteiger partial charge is 0.160 e. The number of para-hydroxylation sites is 2. The van der Waals surface area contributed by atoms with Gasteiger partial charge in [0.1, 0.15) is 0 Å². The monoisotopic (exact) mass is 501 g/mol. The van der Waals surface area contributed by atoms with Crippen molar-refractivity contribution in [3.05, 3.63) is 133 Å². The molecule has 0 amide bonds. The van der Waals surface area contributed by atoms with E-state index in [1.807, 2.05) is 36.4 Å². The molecule has 0 radical (unpaired) electrons. The van der Waals surface area contributed by atoms with Crippen LogP contribution < -0.4 is 0 Å². The van der Waals surface area contributed by atoms with Gasteiger partial charge in [0.25, 0.3) is 0 Å². The largest absolute Gasteiger partial charge is 0.340 e. The van der Waals surface area contributed by atoms with Crippen molar-refractivity contribution in [2.45, 2.75) is 13.5 Å². The van der Waals surface area contributed by atoms with Gasteiger partial charge in [0, 0.05) is 45.1 Å². The first kappa shape index (κ1) is 23.1. The highest BCUT2D eigenvalue weighted by atomic mass is 15.0. The van der Waals surface area contributed by atoms with E-state index in [1.165, 1.54) is 27.4 Å². The summed E-state index contributed by atoms with van der Waals surface area (Å²) in [5.41, 5.74) is 9.89. The maximum Gasteiger partial charge on any atom is 0.160 e. The van der Waals surface area contributed by atoms with Crippen LogP contribution in [0, 0.1) is 0 Å². The number of hydrogen-bond acceptors (Lipinski definition) is 2. The number of nitrogens with zero attached hydrogens (tertiary/aromatic N) is 3. The quantitative estimate of drug-likeness (QED) is 0.235. The van der Waals surface area contributed by atoms with Crippen LogP contribution in [-0.2, 0) is 6.54 Å². The van der Waals surface area contributed by atoms with Crippen LogP contribution in [0.3, 0.4) is 0 Å². The second kappa shape index (κ2) is 9.70. The number of aromatic nitrogens is 3. The Hall–Kier alpha value is -5.02. The number of benzene rings is 5. The molecule has 5 aromatic carbocycles. The Balaban J connectivity index is 1.42. The SMILES string of the molecule is CCn1c2ccccc2c2cccc(-c3cccc(-c4nc(-c5ccccc5)cc(-c5ccccc5)n4)c3)c21. The van der Waals surface area contributed by atoms with Crippen LogP contribution in [0.4, 0.5) is 0 Å². The van der Waals surface area contributed by atoms with Gasteiger partial charge in [0.15, 0.2) is 5.82 Å². The Bertz CT molecular complexity index is 1880. The van der Waals surface area contributed by atoms with Gasteiger partial charge in [-0.3, -0.25) is 0 Å². The summed E-state index contributed by atoms with van der Waals surface area (Å²) in [7, 11) is 0. The summed E-state index contributed by atoms with van der Waals surface area (Å²) in [5, 5.41) is 2.57. The molecule has 0 spiro atoms. The first-order chi connectivity index (χ1) is 19.3. The third-order valence-electron chi connectivity index (χ3n) is 7.40. The fourth-order valence-electron chi connectivity index (χ4n) is 5.59. The second-order valence-corrected chi connectivity index (χ2v) is 9.74. The molecule has 3 nitrogen and oxygen atoms in total. The van der Waals surface area contributed by atoms with Gasteiger partial charge >= 0.3 is 0 Å². The van der Waals surface area contributed by atoms with Gasteiger partial charge in [0.05, 0.1) is 16.9 Å². The summed E-state index contributed by atoms with van der Waals surface area (Å²) < 4.78 is 2.42. The minimum absolute atomic E-state index is 0.722. The average Bonchev–Trinajstić information content (AvgIpc) is 3.35. The highest BCUT2D eigenvalue weighted by Gasteiger charge is 2.15. The predicted octanol–water partition coefficient (Wildman–Crippen LogP) is 9.27. The Morgan fingerprint density at radius 3 is 1.77 bits per heavy atom. The zero-order valence-electron chi connectivity index (χ0n) is 21.8. The average molecular weight is 502 g/mol. The maximum atomic E-state index is 5.05. The first-order valence-electron chi connectivity index (χ1n) is 13.4. The predicted molar refractivity (Wildman–Crippen MR) is 162 cm³/mol. The van der Waals surface area contributed by atoms with Crippen molar-refractivity contribution in [1.82, 2.24) is 14.5 Å². The van der Waals surface area contributed by atoms with Gasteiger partial charge in [-0.15, -0.1) is 0 Å². The first-order valence-corrected chi connectivity index (χ1v) is 13.4. The van der Waals surface area contributed by atoms with Gasteiger partial charge in [-0.2, -0.15) is 0 Å². The Labute approximate surface area is 228 Å². The van der Waals surface area contributed by atoms with E-state index >= 15 is 0 Å². The van der Waals surface area contributed by atoms with Crippen molar-refractivity contribution in [3.8, 4) is 45.0 Å². The van der Waals surface area contributed by atoms with Gasteiger partial charge < -0.3 is 4.57 Å². The molecule has 0 fully saturated rings. The molecule has 0 saturated carbocycles. The van der Waals surface area contributed by atoms with E-state index in [4.69, 9.17) is 9.97 Å². The molecule has 186 valence electrons. The van der Waals surface area contributed by atoms with Crippen LogP contribution >= 0.6 is 0 Å². The zero-order valence-corrected chi connectivity index (χ0v) is 21.8. The molecule has 0 aliphatic rings. The molecule has 7 rings (SSSR count). The van der Waals surface area contributed by atoms with E-state index in [1.54, 1.807) is 0 Å². The van der Waals surface area contributed by atoms with E-state index < -0.39 is 0 Å². The molecule has 3 heteroatoms. The summed E-state index contributed by atoms with van der Waals surface area (Å²) in [6.07, 6.45) is 0. The van der Waals surface area contributed by atoms with E-state index in [2.05, 4.69) is 109 Å². The maximum absolute atomic E-state index is 5.05. The highest BCUT2D eigenvalue weighted by Crippen LogP contribution is 2.37. The summed E-state index contributed by atoms with van der Waals surface area (Å²) in [5.74, 6) is 0.722. The lowest BCUT2D eigenvalue weighted by Crippen LogP contribution is -1.97. The standard InChI is InChI=1S/C36H27N3/c1-2-39-34-22-10-9-19-30(34)31-21-12-20-29(35(31)39)27-17-11-18-28(23-27)36-37-32(25-13-5-3-6-14-25)24-33(38-36)26-15-7-4-8-16-26/h3-24H,2H2,1H3. The van der Waals surface area contributed by atoms with Crippen LogP contribution in [0.25, 0.3) is 66.8 Å². The third kappa shape index (κ3) is 4.09. The van der Waals surface area contributed by atoms with Gasteiger partial charge in [-0.05, 0) is 30.7 Å². The fourth-order valence-corrected chi connectivity index (χ4v) is 5.59. The van der Waals surface area contributed by atoms with Crippen molar-refractivity contribution in [1.29, 1.82) is 0 Å². The van der Waals surface area contributed by atoms with Crippen molar-refractivity contribution < 1.29 is 0 Å². The number of hydrogen-bond donors (Lipinski definition) is 0. The minimum Gasteiger partial charge on any atom is -0.340 e. The Morgan fingerprint density at radius 1 is 0.513 bits per heavy atom. The van der Waals surface area contributed by atoms with Crippen LogP contribution in [-0.4, -0.2) is 14.5 Å².